The van der Waals surface area contributed by atoms with Crippen molar-refractivity contribution in [3.63, 3.8) is 0 Å². The molecule has 0 saturated carbocycles. The number of carbonyl (C=O) groups is 1. The van der Waals surface area contributed by atoms with Crippen molar-refractivity contribution in [2.45, 2.75) is 45.1 Å². The van der Waals surface area contributed by atoms with Gasteiger partial charge in [-0.2, -0.15) is 0 Å². The Balaban J connectivity index is 1.21. The van der Waals surface area contributed by atoms with Gasteiger partial charge in [0, 0.05) is 19.5 Å². The van der Waals surface area contributed by atoms with E-state index in [0.717, 1.165) is 61.1 Å². The summed E-state index contributed by atoms with van der Waals surface area (Å²) in [6, 6.07) is 21.3. The number of hydrogen-bond donors (Lipinski definition) is 1. The van der Waals surface area contributed by atoms with E-state index in [1.165, 1.54) is 0 Å². The number of imidazole rings is 1. The summed E-state index contributed by atoms with van der Waals surface area (Å²) in [7, 11) is 3.19. The molecule has 0 fully saturated rings. The maximum atomic E-state index is 12.4. The number of para-hydroxylation sites is 3. The number of carbonyl (C=O) groups excluding carboxylic acids is 1. The minimum Gasteiger partial charge on any atom is -0.493 e. The van der Waals surface area contributed by atoms with Crippen LogP contribution in [0, 0.1) is 0 Å². The molecule has 7 nitrogen and oxygen atoms in total. The molecule has 206 valence electrons. The van der Waals surface area contributed by atoms with E-state index in [4.69, 9.17) is 30.8 Å². The van der Waals surface area contributed by atoms with Crippen molar-refractivity contribution in [2.75, 3.05) is 27.4 Å². The van der Waals surface area contributed by atoms with Gasteiger partial charge >= 0.3 is 0 Å². The van der Waals surface area contributed by atoms with Crippen LogP contribution in [0.4, 0.5) is 0 Å². The molecule has 3 aromatic carbocycles. The van der Waals surface area contributed by atoms with Crippen LogP contribution in [-0.2, 0) is 24.2 Å². The lowest BCUT2D eigenvalue weighted by Crippen LogP contribution is -2.26. The third-order valence-electron chi connectivity index (χ3n) is 6.57. The highest BCUT2D eigenvalue weighted by Crippen LogP contribution is 2.28. The van der Waals surface area contributed by atoms with E-state index < -0.39 is 0 Å². The maximum Gasteiger partial charge on any atom is 0.224 e. The van der Waals surface area contributed by atoms with Gasteiger partial charge in [-0.05, 0) is 61.2 Å². The molecule has 1 aromatic heterocycles. The Morgan fingerprint density at radius 2 is 1.69 bits per heavy atom. The van der Waals surface area contributed by atoms with Crippen LogP contribution in [0.1, 0.15) is 37.1 Å². The molecule has 0 spiro atoms. The van der Waals surface area contributed by atoms with Crippen LogP contribution in [0.5, 0.6) is 17.2 Å². The summed E-state index contributed by atoms with van der Waals surface area (Å²) in [6.45, 7) is 2.06. The Morgan fingerprint density at radius 1 is 0.897 bits per heavy atom. The summed E-state index contributed by atoms with van der Waals surface area (Å²) >= 11 is 6.20. The lowest BCUT2D eigenvalue weighted by atomic mass is 10.1. The Kier molecular flexibility index (Phi) is 10.5. The number of amides is 1. The fraction of sp³-hybridized carbons (Fsp3) is 0.355. The average Bonchev–Trinajstić information content (AvgIpc) is 3.31. The molecule has 1 heterocycles. The molecule has 1 amide bonds. The van der Waals surface area contributed by atoms with Gasteiger partial charge in [0.25, 0.3) is 0 Å². The number of benzene rings is 3. The van der Waals surface area contributed by atoms with Gasteiger partial charge in [-0.15, -0.1) is 0 Å². The molecule has 0 radical (unpaired) electrons. The van der Waals surface area contributed by atoms with Gasteiger partial charge < -0.3 is 24.1 Å². The number of halogens is 1. The van der Waals surface area contributed by atoms with Crippen LogP contribution in [0.25, 0.3) is 11.0 Å². The molecule has 0 atom stereocenters. The first kappa shape index (κ1) is 28.3. The van der Waals surface area contributed by atoms with E-state index in [1.807, 2.05) is 48.5 Å². The molecule has 4 aromatic rings. The Hall–Kier alpha value is -3.71. The number of aromatic nitrogens is 2. The number of nitrogens with one attached hydrogen (secondary N) is 1. The maximum absolute atomic E-state index is 12.4. The molecule has 8 heteroatoms. The van der Waals surface area contributed by atoms with Crippen molar-refractivity contribution in [1.82, 2.24) is 14.9 Å². The summed E-state index contributed by atoms with van der Waals surface area (Å²) in [5.74, 6) is 3.09. The first-order chi connectivity index (χ1) is 19.1. The third kappa shape index (κ3) is 7.90. The zero-order chi connectivity index (χ0) is 27.5. The highest BCUT2D eigenvalue weighted by Gasteiger charge is 2.11. The van der Waals surface area contributed by atoms with Crippen molar-refractivity contribution in [1.29, 1.82) is 0 Å². The number of unbranched alkanes of at least 4 members (excludes halogenated alkanes) is 2. The number of hydrogen-bond acceptors (Lipinski definition) is 5. The van der Waals surface area contributed by atoms with Crippen molar-refractivity contribution >= 4 is 28.5 Å². The minimum atomic E-state index is 0.00280. The standard InChI is InChI=1S/C31H36ClN3O4/c1-37-28-17-16-23(21-29(28)38-2)22-31(36)33-18-9-3-4-15-30-34-25-12-6-7-13-26(25)35(30)19-10-20-39-27-14-8-5-11-24(27)32/h5-8,11-14,16-17,21H,3-4,9-10,15,18-20,22H2,1-2H3,(H,33,36). The van der Waals surface area contributed by atoms with Gasteiger partial charge in [-0.1, -0.05) is 48.4 Å². The van der Waals surface area contributed by atoms with Crippen molar-refractivity contribution in [3.8, 4) is 17.2 Å². The zero-order valence-electron chi connectivity index (χ0n) is 22.6. The first-order valence-electron chi connectivity index (χ1n) is 13.4. The molecular formula is C31H36ClN3O4. The molecule has 0 bridgehead atoms. The predicted molar refractivity (Wildman–Crippen MR) is 155 cm³/mol. The summed E-state index contributed by atoms with van der Waals surface area (Å²) in [6.07, 6.45) is 4.99. The molecule has 0 aliphatic heterocycles. The summed E-state index contributed by atoms with van der Waals surface area (Å²) in [5.41, 5.74) is 3.05. The molecule has 1 N–H and O–H groups in total. The minimum absolute atomic E-state index is 0.00280. The van der Waals surface area contributed by atoms with E-state index >= 15 is 0 Å². The highest BCUT2D eigenvalue weighted by molar-refractivity contribution is 6.32. The van der Waals surface area contributed by atoms with Crippen LogP contribution in [0.3, 0.4) is 0 Å². The van der Waals surface area contributed by atoms with E-state index in [0.29, 0.717) is 41.8 Å². The van der Waals surface area contributed by atoms with Gasteiger partial charge in [-0.3, -0.25) is 4.79 Å². The fourth-order valence-corrected chi connectivity index (χ4v) is 4.77. The third-order valence-corrected chi connectivity index (χ3v) is 6.88. The average molecular weight is 550 g/mol. The normalized spacial score (nSPS) is 10.9. The van der Waals surface area contributed by atoms with E-state index in [1.54, 1.807) is 14.2 Å². The topological polar surface area (TPSA) is 74.6 Å². The van der Waals surface area contributed by atoms with Crippen molar-refractivity contribution in [2.24, 2.45) is 0 Å². The smallest absolute Gasteiger partial charge is 0.224 e. The van der Waals surface area contributed by atoms with Gasteiger partial charge in [0.15, 0.2) is 11.5 Å². The lowest BCUT2D eigenvalue weighted by molar-refractivity contribution is -0.120. The Labute approximate surface area is 235 Å². The number of nitrogens with zero attached hydrogens (tertiary/aromatic N) is 2. The summed E-state index contributed by atoms with van der Waals surface area (Å²) < 4.78 is 18.8. The van der Waals surface area contributed by atoms with Crippen molar-refractivity contribution in [3.05, 3.63) is 83.1 Å². The first-order valence-corrected chi connectivity index (χ1v) is 13.8. The van der Waals surface area contributed by atoms with Crippen LogP contribution >= 0.6 is 11.6 Å². The van der Waals surface area contributed by atoms with Crippen molar-refractivity contribution < 1.29 is 19.0 Å². The Morgan fingerprint density at radius 3 is 2.51 bits per heavy atom. The highest BCUT2D eigenvalue weighted by atomic mass is 35.5. The molecule has 0 saturated heterocycles. The summed E-state index contributed by atoms with van der Waals surface area (Å²) in [5, 5.41) is 3.65. The summed E-state index contributed by atoms with van der Waals surface area (Å²) in [4.78, 5) is 17.3. The molecule has 0 aliphatic carbocycles. The second-order valence-electron chi connectivity index (χ2n) is 9.33. The van der Waals surface area contributed by atoms with Gasteiger partial charge in [0.2, 0.25) is 5.91 Å². The molecule has 0 aliphatic rings. The molecular weight excluding hydrogens is 514 g/mol. The number of fused-ring (bicyclic) bond motifs is 1. The second-order valence-corrected chi connectivity index (χ2v) is 9.73. The molecule has 4 rings (SSSR count). The quantitative estimate of drug-likeness (QED) is 0.177. The largest absolute Gasteiger partial charge is 0.493 e. The number of ether oxygens (including phenoxy) is 3. The number of aryl methyl sites for hydroxylation is 2. The van der Waals surface area contributed by atoms with E-state index in [2.05, 4.69) is 28.1 Å². The second kappa shape index (κ2) is 14.4. The predicted octanol–water partition coefficient (Wildman–Crippen LogP) is 6.25. The zero-order valence-corrected chi connectivity index (χ0v) is 23.4. The van der Waals surface area contributed by atoms with Crippen LogP contribution in [0.15, 0.2) is 66.7 Å². The monoisotopic (exact) mass is 549 g/mol. The van der Waals surface area contributed by atoms with E-state index in [-0.39, 0.29) is 5.91 Å². The van der Waals surface area contributed by atoms with Crippen LogP contribution in [0.2, 0.25) is 5.02 Å². The Bertz CT molecular complexity index is 1370. The number of rotatable bonds is 15. The fourth-order valence-electron chi connectivity index (χ4n) is 4.58. The lowest BCUT2D eigenvalue weighted by Gasteiger charge is -2.11. The number of methoxy groups -OCH3 is 2. The molecule has 0 unspecified atom stereocenters. The van der Waals surface area contributed by atoms with E-state index in [9.17, 15) is 4.79 Å². The van der Waals surface area contributed by atoms with Gasteiger partial charge in [0.1, 0.15) is 11.6 Å². The van der Waals surface area contributed by atoms with Gasteiger partial charge in [0.05, 0.1) is 43.3 Å². The molecule has 39 heavy (non-hydrogen) atoms. The van der Waals surface area contributed by atoms with Crippen LogP contribution in [-0.4, -0.2) is 42.8 Å². The van der Waals surface area contributed by atoms with Crippen LogP contribution < -0.4 is 19.5 Å². The SMILES string of the molecule is COc1ccc(CC(=O)NCCCCCc2nc3ccccc3n2CCCOc2ccccc2Cl)cc1OC. The van der Waals surface area contributed by atoms with Gasteiger partial charge in [-0.25, -0.2) is 4.98 Å².